The number of hydrogen-bond donors (Lipinski definition) is 2. The van der Waals surface area contributed by atoms with E-state index in [1.165, 1.54) is 0 Å². The van der Waals surface area contributed by atoms with Gasteiger partial charge < -0.3 is 4.74 Å². The minimum absolute atomic E-state index is 0.143. The Bertz CT molecular complexity index is 484. The zero-order valence-electron chi connectivity index (χ0n) is 12.7. The van der Waals surface area contributed by atoms with Gasteiger partial charge in [-0.3, -0.25) is 20.4 Å². The average Bonchev–Trinajstić information content (AvgIpc) is 2.34. The summed E-state index contributed by atoms with van der Waals surface area (Å²) in [6.45, 7) is 8.99. The maximum Gasteiger partial charge on any atom is 0.276 e. The standard InChI is InChI=1S/C15H22N2O3/c1-10-7-6-8-11(2)13(10)20-9-12(18)16-17-14(19)15(3,4)5/h6-8H,9H2,1-5H3,(H,16,18)(H,17,19). The number of carbonyl (C=O) groups is 2. The van der Waals surface area contributed by atoms with E-state index in [1.54, 1.807) is 20.8 Å². The quantitative estimate of drug-likeness (QED) is 0.830. The molecule has 0 aliphatic heterocycles. The van der Waals surface area contributed by atoms with E-state index in [4.69, 9.17) is 4.74 Å². The highest BCUT2D eigenvalue weighted by Crippen LogP contribution is 2.21. The molecule has 0 fully saturated rings. The number of hydrogen-bond acceptors (Lipinski definition) is 3. The minimum atomic E-state index is -0.555. The molecule has 20 heavy (non-hydrogen) atoms. The fourth-order valence-corrected chi connectivity index (χ4v) is 1.51. The van der Waals surface area contributed by atoms with E-state index in [9.17, 15) is 9.59 Å². The fraction of sp³-hybridized carbons (Fsp3) is 0.467. The van der Waals surface area contributed by atoms with Gasteiger partial charge in [0.05, 0.1) is 0 Å². The SMILES string of the molecule is Cc1cccc(C)c1OCC(=O)NNC(=O)C(C)(C)C. The van der Waals surface area contributed by atoms with Gasteiger partial charge in [-0.15, -0.1) is 0 Å². The highest BCUT2D eigenvalue weighted by molar-refractivity contribution is 5.85. The van der Waals surface area contributed by atoms with Crippen molar-refractivity contribution >= 4 is 11.8 Å². The lowest BCUT2D eigenvalue weighted by Gasteiger charge is -2.18. The molecular weight excluding hydrogens is 256 g/mol. The van der Waals surface area contributed by atoms with Gasteiger partial charge >= 0.3 is 0 Å². The molecular formula is C15H22N2O3. The van der Waals surface area contributed by atoms with Crippen LogP contribution in [-0.4, -0.2) is 18.4 Å². The van der Waals surface area contributed by atoms with E-state index in [1.807, 2.05) is 32.0 Å². The van der Waals surface area contributed by atoms with Crippen LogP contribution >= 0.6 is 0 Å². The predicted molar refractivity (Wildman–Crippen MR) is 77.2 cm³/mol. The van der Waals surface area contributed by atoms with Gasteiger partial charge in [-0.1, -0.05) is 39.0 Å². The second-order valence-electron chi connectivity index (χ2n) is 5.76. The zero-order chi connectivity index (χ0) is 15.3. The third-order valence-electron chi connectivity index (χ3n) is 2.75. The Labute approximate surface area is 119 Å². The molecule has 5 heteroatoms. The summed E-state index contributed by atoms with van der Waals surface area (Å²) >= 11 is 0. The highest BCUT2D eigenvalue weighted by Gasteiger charge is 2.21. The van der Waals surface area contributed by atoms with Crippen molar-refractivity contribution in [2.45, 2.75) is 34.6 Å². The predicted octanol–water partition coefficient (Wildman–Crippen LogP) is 1.88. The normalized spacial score (nSPS) is 10.8. The van der Waals surface area contributed by atoms with E-state index < -0.39 is 11.3 Å². The molecule has 0 atom stereocenters. The highest BCUT2D eigenvalue weighted by atomic mass is 16.5. The Morgan fingerprint density at radius 1 is 1.10 bits per heavy atom. The van der Waals surface area contributed by atoms with Crippen LogP contribution in [-0.2, 0) is 9.59 Å². The fourth-order valence-electron chi connectivity index (χ4n) is 1.51. The molecule has 0 radical (unpaired) electrons. The third-order valence-corrected chi connectivity index (χ3v) is 2.75. The lowest BCUT2D eigenvalue weighted by Crippen LogP contribution is -2.48. The Hall–Kier alpha value is -2.04. The van der Waals surface area contributed by atoms with Crippen molar-refractivity contribution < 1.29 is 14.3 Å². The van der Waals surface area contributed by atoms with Crippen molar-refractivity contribution in [1.82, 2.24) is 10.9 Å². The molecule has 0 aliphatic rings. The van der Waals surface area contributed by atoms with Crippen LogP contribution < -0.4 is 15.6 Å². The summed E-state index contributed by atoms with van der Waals surface area (Å²) in [5, 5.41) is 0. The van der Waals surface area contributed by atoms with Crippen LogP contribution in [0.5, 0.6) is 5.75 Å². The first-order valence-electron chi connectivity index (χ1n) is 6.50. The summed E-state index contributed by atoms with van der Waals surface area (Å²) in [7, 11) is 0. The molecule has 1 aromatic rings. The smallest absolute Gasteiger partial charge is 0.276 e. The van der Waals surface area contributed by atoms with Gasteiger partial charge in [0.25, 0.3) is 5.91 Å². The number of aryl methyl sites for hydroxylation is 2. The van der Waals surface area contributed by atoms with Crippen LogP contribution in [0.3, 0.4) is 0 Å². The Balaban J connectivity index is 2.47. The van der Waals surface area contributed by atoms with Crippen LogP contribution in [0.1, 0.15) is 31.9 Å². The molecule has 110 valence electrons. The van der Waals surface area contributed by atoms with Gasteiger partial charge in [0, 0.05) is 5.41 Å². The number of rotatable bonds is 3. The molecule has 0 saturated heterocycles. The molecule has 0 saturated carbocycles. The second-order valence-corrected chi connectivity index (χ2v) is 5.76. The van der Waals surface area contributed by atoms with Gasteiger partial charge in [-0.2, -0.15) is 0 Å². The third kappa shape index (κ3) is 4.57. The average molecular weight is 278 g/mol. The molecule has 1 rings (SSSR count). The second kappa shape index (κ2) is 6.41. The van der Waals surface area contributed by atoms with E-state index in [0.29, 0.717) is 5.75 Å². The van der Waals surface area contributed by atoms with Gasteiger partial charge in [0.2, 0.25) is 5.91 Å². The Kier molecular flexibility index (Phi) is 5.13. The van der Waals surface area contributed by atoms with Crippen LogP contribution in [0, 0.1) is 19.3 Å². The molecule has 0 aromatic heterocycles. The minimum Gasteiger partial charge on any atom is -0.483 e. The Morgan fingerprint density at radius 3 is 2.15 bits per heavy atom. The summed E-state index contributed by atoms with van der Waals surface area (Å²) in [4.78, 5) is 23.2. The molecule has 0 heterocycles. The number of para-hydroxylation sites is 1. The maximum atomic E-state index is 11.6. The molecule has 0 unspecified atom stereocenters. The first-order valence-corrected chi connectivity index (χ1v) is 6.50. The molecule has 1 aromatic carbocycles. The summed E-state index contributed by atoms with van der Waals surface area (Å²) in [5.74, 6) is 0.0490. The van der Waals surface area contributed by atoms with Crippen LogP contribution in [0.25, 0.3) is 0 Å². The number of hydrazine groups is 1. The van der Waals surface area contributed by atoms with Crippen LogP contribution in [0.15, 0.2) is 18.2 Å². The number of ether oxygens (including phenoxy) is 1. The topological polar surface area (TPSA) is 67.4 Å². The molecule has 0 spiro atoms. The largest absolute Gasteiger partial charge is 0.483 e. The van der Waals surface area contributed by atoms with E-state index in [0.717, 1.165) is 11.1 Å². The first kappa shape index (κ1) is 16.0. The van der Waals surface area contributed by atoms with Crippen molar-refractivity contribution in [2.24, 2.45) is 5.41 Å². The molecule has 0 bridgehead atoms. The molecule has 2 amide bonds. The van der Waals surface area contributed by atoms with Gasteiger partial charge in [-0.25, -0.2) is 0 Å². The number of amides is 2. The van der Waals surface area contributed by atoms with Crippen molar-refractivity contribution in [3.63, 3.8) is 0 Å². The Morgan fingerprint density at radius 2 is 1.65 bits per heavy atom. The molecule has 5 nitrogen and oxygen atoms in total. The van der Waals surface area contributed by atoms with E-state index >= 15 is 0 Å². The van der Waals surface area contributed by atoms with Gasteiger partial charge in [0.1, 0.15) is 5.75 Å². The first-order chi connectivity index (χ1) is 9.21. The van der Waals surface area contributed by atoms with Crippen molar-refractivity contribution in [3.8, 4) is 5.75 Å². The lowest BCUT2D eigenvalue weighted by molar-refractivity contribution is -0.134. The lowest BCUT2D eigenvalue weighted by atomic mass is 9.96. The van der Waals surface area contributed by atoms with Crippen molar-refractivity contribution in [1.29, 1.82) is 0 Å². The maximum absolute atomic E-state index is 11.6. The summed E-state index contributed by atoms with van der Waals surface area (Å²) in [6, 6.07) is 5.77. The summed E-state index contributed by atoms with van der Waals surface area (Å²) in [5.41, 5.74) is 6.09. The van der Waals surface area contributed by atoms with Crippen LogP contribution in [0.2, 0.25) is 0 Å². The molecule has 2 N–H and O–H groups in total. The number of benzene rings is 1. The van der Waals surface area contributed by atoms with Crippen molar-refractivity contribution in [3.05, 3.63) is 29.3 Å². The summed E-state index contributed by atoms with van der Waals surface area (Å²) < 4.78 is 5.48. The number of carbonyl (C=O) groups excluding carboxylic acids is 2. The zero-order valence-corrected chi connectivity index (χ0v) is 12.7. The van der Waals surface area contributed by atoms with Gasteiger partial charge in [0.15, 0.2) is 6.61 Å². The van der Waals surface area contributed by atoms with Crippen LogP contribution in [0.4, 0.5) is 0 Å². The number of nitrogens with one attached hydrogen (secondary N) is 2. The van der Waals surface area contributed by atoms with Crippen molar-refractivity contribution in [2.75, 3.05) is 6.61 Å². The van der Waals surface area contributed by atoms with Gasteiger partial charge in [-0.05, 0) is 25.0 Å². The van der Waals surface area contributed by atoms with E-state index in [-0.39, 0.29) is 12.5 Å². The monoisotopic (exact) mass is 278 g/mol. The van der Waals surface area contributed by atoms with E-state index in [2.05, 4.69) is 10.9 Å². The molecule has 0 aliphatic carbocycles. The summed E-state index contributed by atoms with van der Waals surface area (Å²) in [6.07, 6.45) is 0.